The number of hydrogen-bond donors (Lipinski definition) is 1. The van der Waals surface area contributed by atoms with E-state index in [1.807, 2.05) is 30.3 Å². The minimum Gasteiger partial charge on any atom is -0.449 e. The molecule has 1 aliphatic rings. The van der Waals surface area contributed by atoms with Gasteiger partial charge in [-0.3, -0.25) is 4.79 Å². The van der Waals surface area contributed by atoms with Crippen LogP contribution in [0.25, 0.3) is 10.8 Å². The maximum atomic E-state index is 12.3. The zero-order valence-electron chi connectivity index (χ0n) is 10.8. The molecule has 1 aliphatic carbocycles. The smallest absolute Gasteiger partial charge is 0.427 e. The molecule has 0 aromatic heterocycles. The first-order chi connectivity index (χ1) is 9.72. The van der Waals surface area contributed by atoms with E-state index in [0.29, 0.717) is 5.56 Å². The Morgan fingerprint density at radius 2 is 1.90 bits per heavy atom. The summed E-state index contributed by atoms with van der Waals surface area (Å²) >= 11 is 0. The largest absolute Gasteiger partial charge is 0.449 e. The Hall–Kier alpha value is -2.69. The third kappa shape index (κ3) is 1.84. The molecular weight excluding hydrogens is 256 g/mol. The van der Waals surface area contributed by atoms with E-state index in [1.165, 1.54) is 0 Å². The molecule has 2 aromatic rings. The summed E-state index contributed by atoms with van der Waals surface area (Å²) in [5.74, 6) is -0.186. The lowest BCUT2D eigenvalue weighted by atomic mass is 10.1. The highest BCUT2D eigenvalue weighted by Gasteiger charge is 2.28. The highest BCUT2D eigenvalue weighted by Crippen LogP contribution is 2.30. The highest BCUT2D eigenvalue weighted by molar-refractivity contribution is 6.59. The Morgan fingerprint density at radius 3 is 2.60 bits per heavy atom. The van der Waals surface area contributed by atoms with Crippen molar-refractivity contribution in [3.05, 3.63) is 47.5 Å². The molecule has 3 rings (SSSR count). The van der Waals surface area contributed by atoms with Gasteiger partial charge in [0, 0.05) is 16.5 Å². The van der Waals surface area contributed by atoms with E-state index in [0.717, 1.165) is 16.3 Å². The molecule has 2 aromatic carbocycles. The van der Waals surface area contributed by atoms with E-state index in [2.05, 4.69) is 10.5 Å². The van der Waals surface area contributed by atoms with Crippen LogP contribution in [0.15, 0.2) is 41.5 Å². The number of amides is 1. The quantitative estimate of drug-likeness (QED) is 0.851. The second-order valence-electron chi connectivity index (χ2n) is 4.33. The van der Waals surface area contributed by atoms with Gasteiger partial charge >= 0.3 is 6.09 Å². The third-order valence-corrected chi connectivity index (χ3v) is 3.15. The van der Waals surface area contributed by atoms with Gasteiger partial charge in [0.2, 0.25) is 5.78 Å². The fraction of sp³-hybridized carbons (Fsp3) is 0.133. The van der Waals surface area contributed by atoms with E-state index in [9.17, 15) is 9.59 Å². The molecule has 0 radical (unpaired) electrons. The number of nitrogens with zero attached hydrogens (tertiary/aromatic N) is 1. The van der Waals surface area contributed by atoms with Crippen molar-refractivity contribution in [1.29, 1.82) is 0 Å². The molecule has 5 nitrogen and oxygen atoms in total. The first-order valence-electron chi connectivity index (χ1n) is 6.29. The van der Waals surface area contributed by atoms with Crippen molar-refractivity contribution in [3.8, 4) is 0 Å². The van der Waals surface area contributed by atoms with Gasteiger partial charge in [0.05, 0.1) is 6.61 Å². The molecule has 0 unspecified atom stereocenters. The van der Waals surface area contributed by atoms with Crippen LogP contribution in [0.4, 0.5) is 4.79 Å². The molecule has 0 aliphatic heterocycles. The Balaban J connectivity index is 2.05. The normalized spacial score (nSPS) is 14.8. The van der Waals surface area contributed by atoms with Crippen LogP contribution >= 0.6 is 0 Å². The maximum Gasteiger partial charge on any atom is 0.427 e. The van der Waals surface area contributed by atoms with Crippen molar-refractivity contribution >= 4 is 28.4 Å². The number of carbonyl (C=O) groups is 2. The number of ketones is 1. The van der Waals surface area contributed by atoms with E-state index in [-0.39, 0.29) is 18.1 Å². The molecule has 1 amide bonds. The Morgan fingerprint density at radius 1 is 1.20 bits per heavy atom. The number of Topliss-reactive ketones (excluding diaryl/α,β-unsaturated/α-hetero) is 1. The van der Waals surface area contributed by atoms with Crippen LogP contribution in [0.1, 0.15) is 22.8 Å². The van der Waals surface area contributed by atoms with Gasteiger partial charge in [-0.15, -0.1) is 0 Å². The van der Waals surface area contributed by atoms with E-state index in [1.54, 1.807) is 13.0 Å². The fourth-order valence-electron chi connectivity index (χ4n) is 2.35. The molecule has 0 heterocycles. The average Bonchev–Trinajstić information content (AvgIpc) is 2.73. The number of hydrazone groups is 1. The standard InChI is InChI=1S/C15H12N2O3/c1-2-20-15(19)17-16-13-10-7-3-5-9-6-4-8-11(12(9)10)14(13)18/h3-8H,2H2,1H3,(H,17,19)/b16-13-. The zero-order chi connectivity index (χ0) is 14.1. The second-order valence-corrected chi connectivity index (χ2v) is 4.33. The number of carbonyl (C=O) groups excluding carboxylic acids is 2. The number of hydrogen-bond acceptors (Lipinski definition) is 4. The molecule has 0 saturated carbocycles. The van der Waals surface area contributed by atoms with E-state index in [4.69, 9.17) is 4.74 Å². The van der Waals surface area contributed by atoms with Crippen molar-refractivity contribution in [1.82, 2.24) is 5.43 Å². The SMILES string of the molecule is CCOC(=O)N/N=C1\C(=O)c2cccc3cccc1c23. The molecule has 0 saturated heterocycles. The lowest BCUT2D eigenvalue weighted by Gasteiger charge is -2.01. The monoisotopic (exact) mass is 268 g/mol. The number of benzene rings is 2. The molecule has 1 N–H and O–H groups in total. The van der Waals surface area contributed by atoms with Crippen molar-refractivity contribution in [2.75, 3.05) is 6.61 Å². The van der Waals surface area contributed by atoms with Gasteiger partial charge in [0.25, 0.3) is 0 Å². The lowest BCUT2D eigenvalue weighted by molar-refractivity contribution is 0.106. The second kappa shape index (κ2) is 4.77. The Labute approximate surface area is 115 Å². The first-order valence-corrected chi connectivity index (χ1v) is 6.29. The van der Waals surface area contributed by atoms with Gasteiger partial charge in [-0.1, -0.05) is 36.4 Å². The first kappa shape index (κ1) is 12.3. The molecule has 0 fully saturated rings. The molecule has 100 valence electrons. The lowest BCUT2D eigenvalue weighted by Crippen LogP contribution is -2.22. The molecule has 20 heavy (non-hydrogen) atoms. The predicted molar refractivity (Wildman–Crippen MR) is 75.0 cm³/mol. The minimum absolute atomic E-state index is 0.186. The minimum atomic E-state index is -0.670. The summed E-state index contributed by atoms with van der Waals surface area (Å²) < 4.78 is 4.72. The van der Waals surface area contributed by atoms with Gasteiger partial charge in [-0.2, -0.15) is 5.10 Å². The predicted octanol–water partition coefficient (Wildman–Crippen LogP) is 2.49. The van der Waals surface area contributed by atoms with Gasteiger partial charge in [-0.05, 0) is 12.3 Å². The number of nitrogens with one attached hydrogen (secondary N) is 1. The molecule has 0 bridgehead atoms. The van der Waals surface area contributed by atoms with Crippen molar-refractivity contribution < 1.29 is 14.3 Å². The number of rotatable bonds is 2. The summed E-state index contributed by atoms with van der Waals surface area (Å²) in [5.41, 5.74) is 3.83. The van der Waals surface area contributed by atoms with Crippen LogP contribution in [0.3, 0.4) is 0 Å². The van der Waals surface area contributed by atoms with Crippen LogP contribution in [0, 0.1) is 0 Å². The summed E-state index contributed by atoms with van der Waals surface area (Å²) in [6, 6.07) is 11.2. The Bertz CT molecular complexity index is 745. The van der Waals surface area contributed by atoms with Crippen LogP contribution in [0.2, 0.25) is 0 Å². The van der Waals surface area contributed by atoms with E-state index >= 15 is 0 Å². The van der Waals surface area contributed by atoms with Crippen LogP contribution in [-0.4, -0.2) is 24.2 Å². The molecule has 0 atom stereocenters. The number of ether oxygens (including phenoxy) is 1. The maximum absolute atomic E-state index is 12.3. The van der Waals surface area contributed by atoms with Crippen LogP contribution in [0.5, 0.6) is 0 Å². The van der Waals surface area contributed by atoms with Crippen LogP contribution in [-0.2, 0) is 4.74 Å². The summed E-state index contributed by atoms with van der Waals surface area (Å²) in [6.07, 6.45) is -0.670. The summed E-state index contributed by atoms with van der Waals surface area (Å²) in [6.45, 7) is 1.95. The van der Waals surface area contributed by atoms with Crippen molar-refractivity contribution in [2.45, 2.75) is 6.92 Å². The van der Waals surface area contributed by atoms with Crippen molar-refractivity contribution in [2.24, 2.45) is 5.10 Å². The van der Waals surface area contributed by atoms with Gasteiger partial charge in [0.1, 0.15) is 5.71 Å². The van der Waals surface area contributed by atoms with Gasteiger partial charge in [0.15, 0.2) is 0 Å². The highest BCUT2D eigenvalue weighted by atomic mass is 16.5. The Kier molecular flexibility index (Phi) is 2.95. The van der Waals surface area contributed by atoms with Crippen LogP contribution < -0.4 is 5.43 Å². The zero-order valence-corrected chi connectivity index (χ0v) is 10.8. The fourth-order valence-corrected chi connectivity index (χ4v) is 2.35. The van der Waals surface area contributed by atoms with Gasteiger partial charge < -0.3 is 4.74 Å². The molecular formula is C15H12N2O3. The molecule has 0 spiro atoms. The van der Waals surface area contributed by atoms with Crippen molar-refractivity contribution in [3.63, 3.8) is 0 Å². The molecule has 5 heteroatoms. The average molecular weight is 268 g/mol. The summed E-state index contributed by atoms with van der Waals surface area (Å²) in [7, 11) is 0. The summed E-state index contributed by atoms with van der Waals surface area (Å²) in [4.78, 5) is 23.6. The topological polar surface area (TPSA) is 67.8 Å². The van der Waals surface area contributed by atoms with Gasteiger partial charge in [-0.25, -0.2) is 10.2 Å². The van der Waals surface area contributed by atoms with E-state index < -0.39 is 6.09 Å². The summed E-state index contributed by atoms with van der Waals surface area (Å²) in [5, 5.41) is 5.77. The third-order valence-electron chi connectivity index (χ3n) is 3.15.